The Bertz CT molecular complexity index is 729. The van der Waals surface area contributed by atoms with E-state index in [1.807, 2.05) is 0 Å². The lowest BCUT2D eigenvalue weighted by Gasteiger charge is -2.06. The van der Waals surface area contributed by atoms with E-state index in [1.165, 1.54) is 0 Å². The van der Waals surface area contributed by atoms with Gasteiger partial charge >= 0.3 is 0 Å². The van der Waals surface area contributed by atoms with Gasteiger partial charge in [0.15, 0.2) is 5.13 Å². The number of aromatic nitrogens is 1. The second-order valence-electron chi connectivity index (χ2n) is 4.05. The van der Waals surface area contributed by atoms with Crippen LogP contribution >= 0.6 is 11.3 Å². The van der Waals surface area contributed by atoms with Crippen molar-refractivity contribution in [2.24, 2.45) is 5.73 Å². The van der Waals surface area contributed by atoms with E-state index in [-0.39, 0.29) is 11.2 Å². The van der Waals surface area contributed by atoms with Crippen molar-refractivity contribution in [1.82, 2.24) is 4.98 Å². The summed E-state index contributed by atoms with van der Waals surface area (Å²) in [4.78, 5) is 3.19. The number of halogens is 2. The van der Waals surface area contributed by atoms with Crippen LogP contribution in [0.5, 0.6) is 0 Å². The van der Waals surface area contributed by atoms with E-state index in [2.05, 4.69) is 9.71 Å². The first-order valence-electron chi connectivity index (χ1n) is 5.48. The first-order valence-corrected chi connectivity index (χ1v) is 7.85. The summed E-state index contributed by atoms with van der Waals surface area (Å²) >= 11 is 1.01. The average Bonchev–Trinajstić information content (AvgIpc) is 2.80. The standard InChI is InChI=1S/C11H11F2N3O2S2/c1-6(14)9-5-19-11(15-9)16-20(17,18)10-4-7(12)2-3-8(10)13/h2-6H,14H2,1H3,(H,15,16). The van der Waals surface area contributed by atoms with Crippen molar-refractivity contribution < 1.29 is 17.2 Å². The van der Waals surface area contributed by atoms with Gasteiger partial charge in [0.25, 0.3) is 10.0 Å². The molecule has 1 atom stereocenters. The third kappa shape index (κ3) is 3.11. The topological polar surface area (TPSA) is 85.1 Å². The molecule has 0 spiro atoms. The molecule has 0 radical (unpaired) electrons. The molecule has 2 aromatic rings. The summed E-state index contributed by atoms with van der Waals surface area (Å²) in [6.45, 7) is 1.69. The summed E-state index contributed by atoms with van der Waals surface area (Å²) in [5, 5.41) is 1.63. The van der Waals surface area contributed by atoms with E-state index < -0.39 is 26.6 Å². The molecule has 1 heterocycles. The minimum absolute atomic E-state index is 0.0426. The van der Waals surface area contributed by atoms with Gasteiger partial charge in [-0.3, -0.25) is 4.72 Å². The molecule has 2 rings (SSSR count). The Morgan fingerprint density at radius 3 is 2.70 bits per heavy atom. The van der Waals surface area contributed by atoms with Gasteiger partial charge in [0.2, 0.25) is 0 Å². The minimum Gasteiger partial charge on any atom is -0.323 e. The minimum atomic E-state index is -4.24. The third-order valence-electron chi connectivity index (χ3n) is 2.39. The van der Waals surface area contributed by atoms with Crippen LogP contribution in [0.3, 0.4) is 0 Å². The molecule has 5 nitrogen and oxygen atoms in total. The molecule has 0 aliphatic rings. The number of nitrogens with zero attached hydrogens (tertiary/aromatic N) is 1. The summed E-state index contributed by atoms with van der Waals surface area (Å²) in [5.74, 6) is -1.88. The summed E-state index contributed by atoms with van der Waals surface area (Å²) < 4.78 is 52.6. The van der Waals surface area contributed by atoms with Gasteiger partial charge in [-0.05, 0) is 25.1 Å². The van der Waals surface area contributed by atoms with E-state index >= 15 is 0 Å². The first-order chi connectivity index (χ1) is 9.29. The van der Waals surface area contributed by atoms with Crippen LogP contribution in [-0.4, -0.2) is 13.4 Å². The molecule has 108 valence electrons. The van der Waals surface area contributed by atoms with Gasteiger partial charge in [-0.15, -0.1) is 11.3 Å². The van der Waals surface area contributed by atoms with E-state index in [0.717, 1.165) is 23.5 Å². The van der Waals surface area contributed by atoms with Gasteiger partial charge in [0.1, 0.15) is 16.5 Å². The van der Waals surface area contributed by atoms with Crippen LogP contribution < -0.4 is 10.5 Å². The summed E-state index contributed by atoms with van der Waals surface area (Å²) in [5.41, 5.74) is 6.11. The van der Waals surface area contributed by atoms with Crippen LogP contribution in [0.25, 0.3) is 0 Å². The van der Waals surface area contributed by atoms with Crippen molar-refractivity contribution in [3.05, 3.63) is 40.9 Å². The van der Waals surface area contributed by atoms with Crippen LogP contribution in [0, 0.1) is 11.6 Å². The number of anilines is 1. The molecule has 3 N–H and O–H groups in total. The van der Waals surface area contributed by atoms with Crippen molar-refractivity contribution in [1.29, 1.82) is 0 Å². The highest BCUT2D eigenvalue weighted by molar-refractivity contribution is 7.93. The Balaban J connectivity index is 2.33. The maximum atomic E-state index is 13.5. The predicted octanol–water partition coefficient (Wildman–Crippen LogP) is 2.24. The second kappa shape index (κ2) is 5.43. The van der Waals surface area contributed by atoms with Crippen LogP contribution in [0.1, 0.15) is 18.7 Å². The number of hydrogen-bond acceptors (Lipinski definition) is 5. The maximum absolute atomic E-state index is 13.5. The molecule has 0 fully saturated rings. The molecule has 0 aliphatic heterocycles. The molecule has 0 saturated heterocycles. The molecule has 0 aliphatic carbocycles. The first kappa shape index (κ1) is 14.8. The molecular weight excluding hydrogens is 308 g/mol. The highest BCUT2D eigenvalue weighted by atomic mass is 32.2. The monoisotopic (exact) mass is 319 g/mol. The summed E-state index contributed by atoms with van der Waals surface area (Å²) in [6, 6.07) is 1.85. The van der Waals surface area contributed by atoms with Gasteiger partial charge < -0.3 is 5.73 Å². The van der Waals surface area contributed by atoms with E-state index in [4.69, 9.17) is 5.73 Å². The zero-order valence-corrected chi connectivity index (χ0v) is 11.9. The largest absolute Gasteiger partial charge is 0.323 e. The highest BCUT2D eigenvalue weighted by Gasteiger charge is 2.21. The van der Waals surface area contributed by atoms with Crippen LogP contribution in [0.15, 0.2) is 28.5 Å². The SMILES string of the molecule is CC(N)c1csc(NS(=O)(=O)c2cc(F)ccc2F)n1. The Kier molecular flexibility index (Phi) is 4.02. The zero-order chi connectivity index (χ0) is 14.9. The van der Waals surface area contributed by atoms with Crippen molar-refractivity contribution in [3.8, 4) is 0 Å². The van der Waals surface area contributed by atoms with Gasteiger partial charge in [-0.25, -0.2) is 22.2 Å². The molecule has 1 aromatic carbocycles. The lowest BCUT2D eigenvalue weighted by atomic mass is 10.3. The van der Waals surface area contributed by atoms with Crippen molar-refractivity contribution in [2.45, 2.75) is 17.9 Å². The normalized spacial score (nSPS) is 13.2. The zero-order valence-electron chi connectivity index (χ0n) is 10.3. The second-order valence-corrected chi connectivity index (χ2v) is 6.56. The number of nitrogens with one attached hydrogen (secondary N) is 1. The molecule has 0 bridgehead atoms. The average molecular weight is 319 g/mol. The van der Waals surface area contributed by atoms with Crippen molar-refractivity contribution in [2.75, 3.05) is 4.72 Å². The quantitative estimate of drug-likeness (QED) is 0.905. The smallest absolute Gasteiger partial charge is 0.266 e. The highest BCUT2D eigenvalue weighted by Crippen LogP contribution is 2.24. The van der Waals surface area contributed by atoms with Crippen molar-refractivity contribution >= 4 is 26.5 Å². The van der Waals surface area contributed by atoms with Crippen molar-refractivity contribution in [3.63, 3.8) is 0 Å². The number of nitrogens with two attached hydrogens (primary N) is 1. The van der Waals surface area contributed by atoms with E-state index in [1.54, 1.807) is 12.3 Å². The molecule has 9 heteroatoms. The van der Waals surface area contributed by atoms with Gasteiger partial charge in [-0.1, -0.05) is 0 Å². The van der Waals surface area contributed by atoms with Gasteiger partial charge in [0.05, 0.1) is 5.69 Å². The molecular formula is C11H11F2N3O2S2. The predicted molar refractivity (Wildman–Crippen MR) is 71.9 cm³/mol. The molecule has 0 amide bonds. The fourth-order valence-corrected chi connectivity index (χ4v) is 3.55. The van der Waals surface area contributed by atoms with E-state index in [0.29, 0.717) is 11.8 Å². The number of thiazole rings is 1. The summed E-state index contributed by atoms with van der Waals surface area (Å²) in [7, 11) is -4.24. The summed E-state index contributed by atoms with van der Waals surface area (Å²) in [6.07, 6.45) is 0. The number of hydrogen-bond donors (Lipinski definition) is 2. The number of benzene rings is 1. The van der Waals surface area contributed by atoms with Crippen LogP contribution in [0.4, 0.5) is 13.9 Å². The Hall–Kier alpha value is -1.58. The van der Waals surface area contributed by atoms with Gasteiger partial charge in [-0.2, -0.15) is 0 Å². The molecule has 1 aromatic heterocycles. The van der Waals surface area contributed by atoms with Crippen LogP contribution in [0.2, 0.25) is 0 Å². The van der Waals surface area contributed by atoms with Gasteiger partial charge in [0, 0.05) is 11.4 Å². The molecule has 0 saturated carbocycles. The maximum Gasteiger partial charge on any atom is 0.266 e. The molecule has 20 heavy (non-hydrogen) atoms. The van der Waals surface area contributed by atoms with E-state index in [9.17, 15) is 17.2 Å². The fraction of sp³-hybridized carbons (Fsp3) is 0.182. The number of rotatable bonds is 4. The third-order valence-corrected chi connectivity index (χ3v) is 4.65. The molecule has 1 unspecified atom stereocenters. The fourth-order valence-electron chi connectivity index (χ4n) is 1.40. The lowest BCUT2D eigenvalue weighted by Crippen LogP contribution is -2.15. The lowest BCUT2D eigenvalue weighted by molar-refractivity contribution is 0.555. The van der Waals surface area contributed by atoms with Crippen LogP contribution in [-0.2, 0) is 10.0 Å². The Labute approximate surface area is 118 Å². The number of sulfonamides is 1. The Morgan fingerprint density at radius 1 is 1.40 bits per heavy atom. The Morgan fingerprint density at radius 2 is 2.10 bits per heavy atom.